The average Bonchev–Trinajstić information content (AvgIpc) is 2.34. The molecule has 0 radical (unpaired) electrons. The van der Waals surface area contributed by atoms with Gasteiger partial charge in [0.05, 0.1) is 13.2 Å². The smallest absolute Gasteiger partial charge is 0.125 e. The Hall–Kier alpha value is -1.30. The van der Waals surface area contributed by atoms with E-state index in [9.17, 15) is 15.3 Å². The first-order valence-electron chi connectivity index (χ1n) is 5.47. The minimum absolute atomic E-state index is 0.0830. The Kier molecular flexibility index (Phi) is 5.21. The van der Waals surface area contributed by atoms with Gasteiger partial charge in [0.2, 0.25) is 0 Å². The third-order valence-corrected chi connectivity index (χ3v) is 2.61. The van der Waals surface area contributed by atoms with Crippen LogP contribution in [-0.2, 0) is 0 Å². The second-order valence-corrected chi connectivity index (χ2v) is 3.83. The molecular formula is C12H19NO4. The van der Waals surface area contributed by atoms with Crippen molar-refractivity contribution < 1.29 is 20.1 Å². The predicted octanol–water partition coefficient (Wildman–Crippen LogP) is 0.405. The van der Waals surface area contributed by atoms with Gasteiger partial charge in [-0.2, -0.15) is 0 Å². The van der Waals surface area contributed by atoms with Crippen LogP contribution in [0.5, 0.6) is 11.5 Å². The van der Waals surface area contributed by atoms with E-state index in [-0.39, 0.29) is 5.75 Å². The largest absolute Gasteiger partial charge is 0.507 e. The van der Waals surface area contributed by atoms with Crippen molar-refractivity contribution in [1.82, 2.24) is 5.32 Å². The SMILES string of the molecule is CNCCC(O)C(O)c1ccc(OC)cc1O. The summed E-state index contributed by atoms with van der Waals surface area (Å²) >= 11 is 0. The minimum atomic E-state index is -1.10. The number of hydrogen-bond acceptors (Lipinski definition) is 5. The van der Waals surface area contributed by atoms with Crippen LogP contribution in [0.4, 0.5) is 0 Å². The molecule has 1 aromatic rings. The highest BCUT2D eigenvalue weighted by atomic mass is 16.5. The van der Waals surface area contributed by atoms with E-state index in [0.717, 1.165) is 0 Å². The van der Waals surface area contributed by atoms with Crippen LogP contribution in [0.25, 0.3) is 0 Å². The molecule has 0 heterocycles. The van der Waals surface area contributed by atoms with Crippen LogP contribution < -0.4 is 10.1 Å². The molecule has 2 unspecified atom stereocenters. The summed E-state index contributed by atoms with van der Waals surface area (Å²) in [5.74, 6) is 0.420. The van der Waals surface area contributed by atoms with Gasteiger partial charge < -0.3 is 25.4 Å². The third kappa shape index (κ3) is 3.59. The number of rotatable bonds is 6. The van der Waals surface area contributed by atoms with Crippen LogP contribution in [0, 0.1) is 0 Å². The number of benzene rings is 1. The fourth-order valence-corrected chi connectivity index (χ4v) is 1.56. The van der Waals surface area contributed by atoms with Crippen molar-refractivity contribution in [2.75, 3.05) is 20.7 Å². The quantitative estimate of drug-likeness (QED) is 0.580. The van der Waals surface area contributed by atoms with E-state index in [1.54, 1.807) is 19.2 Å². The molecule has 0 fully saturated rings. The van der Waals surface area contributed by atoms with Crippen molar-refractivity contribution in [2.45, 2.75) is 18.6 Å². The van der Waals surface area contributed by atoms with Crippen LogP contribution in [0.15, 0.2) is 18.2 Å². The van der Waals surface area contributed by atoms with E-state index >= 15 is 0 Å². The number of aliphatic hydroxyl groups is 2. The zero-order valence-corrected chi connectivity index (χ0v) is 10.1. The molecule has 1 aromatic carbocycles. The van der Waals surface area contributed by atoms with Crippen LogP contribution in [0.2, 0.25) is 0 Å². The number of phenolic OH excluding ortho intramolecular Hbond substituents is 1. The van der Waals surface area contributed by atoms with E-state index in [0.29, 0.717) is 24.3 Å². The van der Waals surface area contributed by atoms with Gasteiger partial charge in [-0.05, 0) is 32.1 Å². The maximum absolute atomic E-state index is 9.88. The number of hydrogen-bond donors (Lipinski definition) is 4. The predicted molar refractivity (Wildman–Crippen MR) is 64.2 cm³/mol. The van der Waals surface area contributed by atoms with Gasteiger partial charge in [0.1, 0.15) is 17.6 Å². The Bertz CT molecular complexity index is 356. The van der Waals surface area contributed by atoms with Crippen molar-refractivity contribution >= 4 is 0 Å². The van der Waals surface area contributed by atoms with Gasteiger partial charge >= 0.3 is 0 Å². The summed E-state index contributed by atoms with van der Waals surface area (Å²) in [4.78, 5) is 0. The van der Waals surface area contributed by atoms with Crippen molar-refractivity contribution in [2.24, 2.45) is 0 Å². The number of aliphatic hydroxyl groups excluding tert-OH is 2. The standard InChI is InChI=1S/C12H19NO4/c1-13-6-5-10(14)12(16)9-4-3-8(17-2)7-11(9)15/h3-4,7,10,12-16H,5-6H2,1-2H3. The molecule has 0 aliphatic heterocycles. The van der Waals surface area contributed by atoms with E-state index < -0.39 is 12.2 Å². The molecule has 0 bridgehead atoms. The summed E-state index contributed by atoms with van der Waals surface area (Å²) in [5, 5.41) is 32.2. The van der Waals surface area contributed by atoms with Crippen molar-refractivity contribution in [3.05, 3.63) is 23.8 Å². The monoisotopic (exact) mass is 241 g/mol. The lowest BCUT2D eigenvalue weighted by molar-refractivity contribution is 0.0127. The molecule has 0 spiro atoms. The van der Waals surface area contributed by atoms with Crippen molar-refractivity contribution in [3.8, 4) is 11.5 Å². The molecule has 0 aromatic heterocycles. The second-order valence-electron chi connectivity index (χ2n) is 3.83. The van der Waals surface area contributed by atoms with Crippen molar-refractivity contribution in [3.63, 3.8) is 0 Å². The van der Waals surface area contributed by atoms with Gasteiger partial charge in [0.25, 0.3) is 0 Å². The number of methoxy groups -OCH3 is 1. The molecule has 5 nitrogen and oxygen atoms in total. The average molecular weight is 241 g/mol. The number of nitrogens with one attached hydrogen (secondary N) is 1. The van der Waals surface area contributed by atoms with Crippen LogP contribution >= 0.6 is 0 Å². The summed E-state index contributed by atoms with van der Waals surface area (Å²) in [6.07, 6.45) is -1.61. The van der Waals surface area contributed by atoms with Gasteiger partial charge in [-0.1, -0.05) is 0 Å². The van der Waals surface area contributed by atoms with Crippen molar-refractivity contribution in [1.29, 1.82) is 0 Å². The first-order valence-corrected chi connectivity index (χ1v) is 5.47. The van der Waals surface area contributed by atoms with E-state index in [1.807, 2.05) is 0 Å². The molecule has 5 heteroatoms. The van der Waals surface area contributed by atoms with Gasteiger partial charge in [-0.25, -0.2) is 0 Å². The molecule has 96 valence electrons. The van der Waals surface area contributed by atoms with Gasteiger partial charge in [-0.3, -0.25) is 0 Å². The highest BCUT2D eigenvalue weighted by Gasteiger charge is 2.21. The lowest BCUT2D eigenvalue weighted by atomic mass is 10.0. The Morgan fingerprint density at radius 1 is 1.35 bits per heavy atom. The molecule has 2 atom stereocenters. The number of ether oxygens (including phenoxy) is 1. The van der Waals surface area contributed by atoms with Crippen LogP contribution in [-0.4, -0.2) is 42.1 Å². The zero-order valence-electron chi connectivity index (χ0n) is 10.1. The lowest BCUT2D eigenvalue weighted by Gasteiger charge is -2.19. The van der Waals surface area contributed by atoms with Crippen LogP contribution in [0.3, 0.4) is 0 Å². The first kappa shape index (κ1) is 13.8. The van der Waals surface area contributed by atoms with Gasteiger partial charge in [-0.15, -0.1) is 0 Å². The van der Waals surface area contributed by atoms with Gasteiger partial charge in [0, 0.05) is 11.6 Å². The molecule has 0 aliphatic rings. The first-order chi connectivity index (χ1) is 8.10. The molecule has 0 aliphatic carbocycles. The Morgan fingerprint density at radius 2 is 2.06 bits per heavy atom. The topological polar surface area (TPSA) is 82.0 Å². The van der Waals surface area contributed by atoms with E-state index in [4.69, 9.17) is 4.74 Å². The summed E-state index contributed by atoms with van der Waals surface area (Å²) in [6.45, 7) is 0.592. The molecule has 17 heavy (non-hydrogen) atoms. The Balaban J connectivity index is 2.77. The van der Waals surface area contributed by atoms with E-state index in [2.05, 4.69) is 5.32 Å². The van der Waals surface area contributed by atoms with Crippen LogP contribution in [0.1, 0.15) is 18.1 Å². The summed E-state index contributed by atoms with van der Waals surface area (Å²) < 4.78 is 4.94. The maximum Gasteiger partial charge on any atom is 0.125 e. The zero-order chi connectivity index (χ0) is 12.8. The molecule has 0 amide bonds. The molecule has 1 rings (SSSR count). The third-order valence-electron chi connectivity index (χ3n) is 2.61. The highest BCUT2D eigenvalue weighted by molar-refractivity contribution is 5.41. The summed E-state index contributed by atoms with van der Waals surface area (Å²) in [6, 6.07) is 4.58. The Morgan fingerprint density at radius 3 is 2.59 bits per heavy atom. The minimum Gasteiger partial charge on any atom is -0.507 e. The molecule has 4 N–H and O–H groups in total. The number of phenols is 1. The fraction of sp³-hybridized carbons (Fsp3) is 0.500. The van der Waals surface area contributed by atoms with E-state index in [1.165, 1.54) is 13.2 Å². The maximum atomic E-state index is 9.88. The summed E-state index contributed by atoms with van der Waals surface area (Å²) in [7, 11) is 3.26. The highest BCUT2D eigenvalue weighted by Crippen LogP contribution is 2.30. The Labute approximate surface area is 101 Å². The number of aromatic hydroxyl groups is 1. The lowest BCUT2D eigenvalue weighted by Crippen LogP contribution is -2.23. The molecular weight excluding hydrogens is 222 g/mol. The molecule has 0 saturated heterocycles. The normalized spacial score (nSPS) is 14.4. The summed E-state index contributed by atoms with van der Waals surface area (Å²) in [5.41, 5.74) is 0.300. The second kappa shape index (κ2) is 6.44. The molecule has 0 saturated carbocycles. The fourth-order valence-electron chi connectivity index (χ4n) is 1.56. The van der Waals surface area contributed by atoms with Gasteiger partial charge in [0.15, 0.2) is 0 Å².